The fourth-order valence-electron chi connectivity index (χ4n) is 2.46. The van der Waals surface area contributed by atoms with E-state index in [0.717, 1.165) is 12.8 Å². The van der Waals surface area contributed by atoms with Crippen LogP contribution in [-0.2, 0) is 0 Å². The Morgan fingerprint density at radius 3 is 2.59 bits per heavy atom. The highest BCUT2D eigenvalue weighted by atomic mass is 16.4. The number of hydrogen-bond donors (Lipinski definition) is 1. The Kier molecular flexibility index (Phi) is 3.26. The summed E-state index contributed by atoms with van der Waals surface area (Å²) in [6.07, 6.45) is 6.37. The fraction of sp³-hybridized carbons (Fsp3) is 0.583. The van der Waals surface area contributed by atoms with Crippen molar-refractivity contribution in [1.82, 2.24) is 9.97 Å². The largest absolute Gasteiger partial charge is 0.476 e. The average molecular weight is 235 g/mol. The lowest BCUT2D eigenvalue weighted by Crippen LogP contribution is -2.44. The van der Waals surface area contributed by atoms with Gasteiger partial charge in [0.15, 0.2) is 5.69 Å². The molecule has 0 amide bonds. The second-order valence-corrected chi connectivity index (χ2v) is 4.60. The second kappa shape index (κ2) is 4.69. The maximum atomic E-state index is 10.9. The highest BCUT2D eigenvalue weighted by Crippen LogP contribution is 2.27. The molecule has 1 aliphatic heterocycles. The molecule has 1 saturated heterocycles. The molecular formula is C12H17N3O2. The summed E-state index contributed by atoms with van der Waals surface area (Å²) >= 11 is 0. The quantitative estimate of drug-likeness (QED) is 0.848. The van der Waals surface area contributed by atoms with Crippen molar-refractivity contribution in [2.45, 2.75) is 45.2 Å². The normalized spacial score (nSPS) is 24.7. The molecule has 1 aliphatic rings. The van der Waals surface area contributed by atoms with E-state index in [4.69, 9.17) is 5.11 Å². The molecule has 5 nitrogen and oxygen atoms in total. The van der Waals surface area contributed by atoms with Crippen molar-refractivity contribution in [3.63, 3.8) is 0 Å². The van der Waals surface area contributed by atoms with Gasteiger partial charge >= 0.3 is 5.97 Å². The molecule has 0 saturated carbocycles. The topological polar surface area (TPSA) is 66.3 Å². The van der Waals surface area contributed by atoms with E-state index in [1.54, 1.807) is 6.20 Å². The number of piperidine rings is 1. The van der Waals surface area contributed by atoms with Gasteiger partial charge < -0.3 is 10.0 Å². The van der Waals surface area contributed by atoms with Crippen molar-refractivity contribution in [3.05, 3.63) is 18.1 Å². The van der Waals surface area contributed by atoms with Crippen LogP contribution in [0.5, 0.6) is 0 Å². The molecule has 92 valence electrons. The number of aromatic carboxylic acids is 1. The van der Waals surface area contributed by atoms with Gasteiger partial charge in [-0.1, -0.05) is 0 Å². The van der Waals surface area contributed by atoms with Gasteiger partial charge in [0.2, 0.25) is 0 Å². The van der Waals surface area contributed by atoms with E-state index in [9.17, 15) is 4.79 Å². The van der Waals surface area contributed by atoms with E-state index >= 15 is 0 Å². The third kappa shape index (κ3) is 2.38. The first kappa shape index (κ1) is 11.8. The summed E-state index contributed by atoms with van der Waals surface area (Å²) in [7, 11) is 0. The Morgan fingerprint density at radius 2 is 2.00 bits per heavy atom. The molecule has 0 aromatic carbocycles. The maximum Gasteiger partial charge on any atom is 0.356 e. The molecule has 2 rings (SSSR count). The van der Waals surface area contributed by atoms with Gasteiger partial charge in [0.1, 0.15) is 5.82 Å². The third-order valence-corrected chi connectivity index (χ3v) is 3.30. The van der Waals surface area contributed by atoms with E-state index in [1.165, 1.54) is 12.6 Å². The summed E-state index contributed by atoms with van der Waals surface area (Å²) < 4.78 is 0. The highest BCUT2D eigenvalue weighted by molar-refractivity contribution is 5.85. The maximum absolute atomic E-state index is 10.9. The predicted molar refractivity (Wildman–Crippen MR) is 64.2 cm³/mol. The van der Waals surface area contributed by atoms with Gasteiger partial charge in [0.05, 0.1) is 12.4 Å². The van der Waals surface area contributed by atoms with Crippen molar-refractivity contribution in [1.29, 1.82) is 0 Å². The number of hydrogen-bond acceptors (Lipinski definition) is 4. The van der Waals surface area contributed by atoms with Crippen LogP contribution in [0, 0.1) is 0 Å². The molecule has 1 aromatic rings. The van der Waals surface area contributed by atoms with E-state index < -0.39 is 5.97 Å². The third-order valence-electron chi connectivity index (χ3n) is 3.30. The highest BCUT2D eigenvalue weighted by Gasteiger charge is 2.26. The Morgan fingerprint density at radius 1 is 1.35 bits per heavy atom. The Bertz CT molecular complexity index is 412. The van der Waals surface area contributed by atoms with Gasteiger partial charge in [-0.3, -0.25) is 4.98 Å². The lowest BCUT2D eigenvalue weighted by molar-refractivity contribution is 0.0690. The summed E-state index contributed by atoms with van der Waals surface area (Å²) in [6, 6.07) is 0.772. The van der Waals surface area contributed by atoms with Crippen molar-refractivity contribution in [2.75, 3.05) is 4.90 Å². The predicted octanol–water partition coefficient (Wildman–Crippen LogP) is 1.94. The van der Waals surface area contributed by atoms with Crippen molar-refractivity contribution in [3.8, 4) is 0 Å². The van der Waals surface area contributed by atoms with Gasteiger partial charge in [0, 0.05) is 12.1 Å². The molecule has 17 heavy (non-hydrogen) atoms. The first-order chi connectivity index (χ1) is 8.09. The summed E-state index contributed by atoms with van der Waals surface area (Å²) in [5.41, 5.74) is 0.00692. The number of rotatable bonds is 2. The fourth-order valence-corrected chi connectivity index (χ4v) is 2.46. The Labute approximate surface area is 100 Å². The van der Waals surface area contributed by atoms with Gasteiger partial charge in [0.25, 0.3) is 0 Å². The first-order valence-corrected chi connectivity index (χ1v) is 5.93. The first-order valence-electron chi connectivity index (χ1n) is 5.93. The average Bonchev–Trinajstić information content (AvgIpc) is 2.29. The van der Waals surface area contributed by atoms with Crippen molar-refractivity contribution in [2.24, 2.45) is 0 Å². The molecule has 5 heteroatoms. The summed E-state index contributed by atoms with van der Waals surface area (Å²) in [5, 5.41) is 8.92. The zero-order valence-electron chi connectivity index (χ0n) is 10.1. The lowest BCUT2D eigenvalue weighted by atomic mass is 9.98. The number of carboxylic acids is 1. The minimum absolute atomic E-state index is 0.00692. The molecule has 0 spiro atoms. The molecule has 0 radical (unpaired) electrons. The van der Waals surface area contributed by atoms with Crippen LogP contribution < -0.4 is 4.90 Å². The van der Waals surface area contributed by atoms with Crippen LogP contribution in [0.2, 0.25) is 0 Å². The molecule has 0 unspecified atom stereocenters. The van der Waals surface area contributed by atoms with Crippen LogP contribution in [-0.4, -0.2) is 33.1 Å². The minimum atomic E-state index is -1.03. The smallest absolute Gasteiger partial charge is 0.356 e. The standard InChI is InChI=1S/C12H17N3O2/c1-8-4-3-5-9(2)15(8)11-7-13-6-10(14-11)12(16)17/h6-9H,3-5H2,1-2H3,(H,16,17)/t8-,9+. The second-order valence-electron chi connectivity index (χ2n) is 4.60. The van der Waals surface area contributed by atoms with Gasteiger partial charge in [-0.2, -0.15) is 0 Å². The molecule has 0 bridgehead atoms. The van der Waals surface area contributed by atoms with Crippen molar-refractivity contribution < 1.29 is 9.90 Å². The summed E-state index contributed by atoms with van der Waals surface area (Å²) in [4.78, 5) is 21.2. The number of aromatic nitrogens is 2. The molecule has 1 aromatic heterocycles. The van der Waals surface area contributed by atoms with E-state index in [-0.39, 0.29) is 5.69 Å². The van der Waals surface area contributed by atoms with Crippen LogP contribution in [0.4, 0.5) is 5.82 Å². The molecule has 1 fully saturated rings. The van der Waals surface area contributed by atoms with Crippen LogP contribution in [0.25, 0.3) is 0 Å². The zero-order valence-corrected chi connectivity index (χ0v) is 10.1. The van der Waals surface area contributed by atoms with Gasteiger partial charge in [-0.05, 0) is 33.1 Å². The van der Waals surface area contributed by atoms with Crippen LogP contribution in [0.15, 0.2) is 12.4 Å². The molecule has 2 atom stereocenters. The Hall–Kier alpha value is -1.65. The number of carboxylic acid groups (broad SMARTS) is 1. The van der Waals surface area contributed by atoms with Crippen LogP contribution in [0.1, 0.15) is 43.6 Å². The molecular weight excluding hydrogens is 218 g/mol. The van der Waals surface area contributed by atoms with Crippen molar-refractivity contribution >= 4 is 11.8 Å². The van der Waals surface area contributed by atoms with E-state index in [2.05, 4.69) is 28.7 Å². The molecule has 2 heterocycles. The number of anilines is 1. The SMILES string of the molecule is C[C@@H]1CCC[C@H](C)N1c1cncc(C(=O)O)n1. The molecule has 1 N–H and O–H groups in total. The van der Waals surface area contributed by atoms with Crippen LogP contribution in [0.3, 0.4) is 0 Å². The zero-order chi connectivity index (χ0) is 12.4. The monoisotopic (exact) mass is 235 g/mol. The lowest BCUT2D eigenvalue weighted by Gasteiger charge is -2.39. The minimum Gasteiger partial charge on any atom is -0.476 e. The number of nitrogens with zero attached hydrogens (tertiary/aromatic N) is 3. The molecule has 0 aliphatic carbocycles. The van der Waals surface area contributed by atoms with Gasteiger partial charge in [-0.15, -0.1) is 0 Å². The van der Waals surface area contributed by atoms with E-state index in [1.807, 2.05) is 0 Å². The summed E-state index contributed by atoms with van der Waals surface area (Å²) in [6.45, 7) is 4.29. The van der Waals surface area contributed by atoms with Gasteiger partial charge in [-0.25, -0.2) is 9.78 Å². The number of carbonyl (C=O) groups is 1. The summed E-state index contributed by atoms with van der Waals surface area (Å²) in [5.74, 6) is -0.360. The Balaban J connectivity index is 2.31. The van der Waals surface area contributed by atoms with E-state index in [0.29, 0.717) is 17.9 Å². The van der Waals surface area contributed by atoms with Crippen LogP contribution >= 0.6 is 0 Å².